The molecule has 1 N–H and O–H groups in total. The molecule has 1 aromatic carbocycles. The Bertz CT molecular complexity index is 755. The maximum absolute atomic E-state index is 13.0. The van der Waals surface area contributed by atoms with Crippen LogP contribution >= 0.6 is 12.4 Å². The van der Waals surface area contributed by atoms with Crippen LogP contribution in [0.2, 0.25) is 0 Å². The van der Waals surface area contributed by atoms with Crippen molar-refractivity contribution in [2.75, 3.05) is 26.2 Å². The first-order valence-electron chi connectivity index (χ1n) is 7.51. The average Bonchev–Trinajstić information content (AvgIpc) is 2.85. The van der Waals surface area contributed by atoms with Crippen molar-refractivity contribution in [3.63, 3.8) is 0 Å². The van der Waals surface area contributed by atoms with E-state index in [1.54, 1.807) is 4.90 Å². The second-order valence-electron chi connectivity index (χ2n) is 5.34. The van der Waals surface area contributed by atoms with Crippen LogP contribution in [0.1, 0.15) is 16.9 Å². The Hall–Kier alpha value is -2.25. The SMILES string of the molecule is Cl.O=C(c1ccc(=O)n(-c2ccc(F)cc2)n1)N1CCCNCC1. The summed E-state index contributed by atoms with van der Waals surface area (Å²) in [6.45, 7) is 2.88. The molecule has 6 nitrogen and oxygen atoms in total. The van der Waals surface area contributed by atoms with E-state index in [0.29, 0.717) is 18.8 Å². The number of rotatable bonds is 2. The third-order valence-electron chi connectivity index (χ3n) is 3.72. The van der Waals surface area contributed by atoms with E-state index in [-0.39, 0.29) is 29.6 Å². The Labute approximate surface area is 144 Å². The molecule has 2 aromatic rings. The number of benzene rings is 1. The zero-order valence-electron chi connectivity index (χ0n) is 12.9. The lowest BCUT2D eigenvalue weighted by atomic mass is 10.3. The van der Waals surface area contributed by atoms with Gasteiger partial charge in [-0.2, -0.15) is 9.78 Å². The Morgan fingerprint density at radius 3 is 2.58 bits per heavy atom. The van der Waals surface area contributed by atoms with Gasteiger partial charge in [0.05, 0.1) is 5.69 Å². The molecule has 0 unspecified atom stereocenters. The molecule has 2 heterocycles. The van der Waals surface area contributed by atoms with Crippen LogP contribution in [-0.4, -0.2) is 46.8 Å². The van der Waals surface area contributed by atoms with Gasteiger partial charge in [0.1, 0.15) is 11.5 Å². The number of carbonyl (C=O) groups is 1. The standard InChI is InChI=1S/C16H17FN4O2.ClH/c17-12-2-4-13(5-3-12)21-15(22)7-6-14(19-21)16(23)20-10-1-8-18-9-11-20;/h2-7,18H,1,8-11H2;1H. The van der Waals surface area contributed by atoms with Crippen LogP contribution in [0, 0.1) is 5.82 Å². The van der Waals surface area contributed by atoms with Crippen molar-refractivity contribution < 1.29 is 9.18 Å². The highest BCUT2D eigenvalue weighted by molar-refractivity contribution is 5.92. The summed E-state index contributed by atoms with van der Waals surface area (Å²) in [7, 11) is 0. The lowest BCUT2D eigenvalue weighted by Crippen LogP contribution is -2.36. The molecule has 0 bridgehead atoms. The highest BCUT2D eigenvalue weighted by Crippen LogP contribution is 2.08. The summed E-state index contributed by atoms with van der Waals surface area (Å²) in [5.41, 5.74) is 0.255. The number of nitrogens with one attached hydrogen (secondary N) is 1. The van der Waals surface area contributed by atoms with Gasteiger partial charge in [-0.25, -0.2) is 4.39 Å². The van der Waals surface area contributed by atoms with E-state index in [4.69, 9.17) is 0 Å². The van der Waals surface area contributed by atoms with Gasteiger partial charge in [0.15, 0.2) is 0 Å². The van der Waals surface area contributed by atoms with Crippen molar-refractivity contribution >= 4 is 18.3 Å². The van der Waals surface area contributed by atoms with Gasteiger partial charge in [0.2, 0.25) is 0 Å². The molecule has 128 valence electrons. The molecule has 8 heteroatoms. The van der Waals surface area contributed by atoms with E-state index < -0.39 is 5.82 Å². The van der Waals surface area contributed by atoms with Crippen molar-refractivity contribution in [3.8, 4) is 5.69 Å². The molecule has 0 radical (unpaired) electrons. The van der Waals surface area contributed by atoms with E-state index in [1.165, 1.54) is 36.4 Å². The molecule has 1 amide bonds. The zero-order chi connectivity index (χ0) is 16.2. The summed E-state index contributed by atoms with van der Waals surface area (Å²) >= 11 is 0. The van der Waals surface area contributed by atoms with Gasteiger partial charge >= 0.3 is 0 Å². The molecule has 0 saturated carbocycles. The number of hydrogen-bond acceptors (Lipinski definition) is 4. The largest absolute Gasteiger partial charge is 0.336 e. The van der Waals surface area contributed by atoms with Crippen LogP contribution < -0.4 is 10.9 Å². The molecule has 0 spiro atoms. The van der Waals surface area contributed by atoms with Gasteiger partial charge in [-0.05, 0) is 43.3 Å². The first kappa shape index (κ1) is 18.1. The zero-order valence-corrected chi connectivity index (χ0v) is 13.8. The van der Waals surface area contributed by atoms with Crippen molar-refractivity contribution in [1.82, 2.24) is 20.0 Å². The molecule has 3 rings (SSSR count). The quantitative estimate of drug-likeness (QED) is 0.882. The van der Waals surface area contributed by atoms with Crippen molar-refractivity contribution in [2.24, 2.45) is 0 Å². The first-order valence-corrected chi connectivity index (χ1v) is 7.51. The maximum atomic E-state index is 13.0. The van der Waals surface area contributed by atoms with Crippen LogP contribution in [0.25, 0.3) is 5.69 Å². The lowest BCUT2D eigenvalue weighted by Gasteiger charge is -2.19. The minimum Gasteiger partial charge on any atom is -0.336 e. The fourth-order valence-corrected chi connectivity index (χ4v) is 2.50. The summed E-state index contributed by atoms with van der Waals surface area (Å²) in [5, 5.41) is 7.38. The van der Waals surface area contributed by atoms with Crippen molar-refractivity contribution in [3.05, 3.63) is 58.3 Å². The second-order valence-corrected chi connectivity index (χ2v) is 5.34. The van der Waals surface area contributed by atoms with Crippen LogP contribution in [0.3, 0.4) is 0 Å². The lowest BCUT2D eigenvalue weighted by molar-refractivity contribution is 0.0758. The molecule has 1 fully saturated rings. The Balaban J connectivity index is 0.00000208. The second kappa shape index (κ2) is 8.03. The molecular formula is C16H18ClFN4O2. The Morgan fingerprint density at radius 2 is 1.83 bits per heavy atom. The monoisotopic (exact) mass is 352 g/mol. The summed E-state index contributed by atoms with van der Waals surface area (Å²) in [6, 6.07) is 8.14. The van der Waals surface area contributed by atoms with E-state index in [0.717, 1.165) is 24.2 Å². The molecule has 1 saturated heterocycles. The van der Waals surface area contributed by atoms with E-state index in [1.807, 2.05) is 0 Å². The number of aromatic nitrogens is 2. The summed E-state index contributed by atoms with van der Waals surface area (Å²) < 4.78 is 14.1. The molecule has 24 heavy (non-hydrogen) atoms. The number of nitrogens with zero attached hydrogens (tertiary/aromatic N) is 3. The van der Waals surface area contributed by atoms with E-state index in [9.17, 15) is 14.0 Å². The third-order valence-corrected chi connectivity index (χ3v) is 3.72. The van der Waals surface area contributed by atoms with Gasteiger partial charge in [-0.3, -0.25) is 9.59 Å². The van der Waals surface area contributed by atoms with Gasteiger partial charge in [-0.1, -0.05) is 0 Å². The van der Waals surface area contributed by atoms with Crippen LogP contribution in [0.5, 0.6) is 0 Å². The van der Waals surface area contributed by atoms with Crippen LogP contribution in [0.15, 0.2) is 41.2 Å². The van der Waals surface area contributed by atoms with Crippen LogP contribution in [-0.2, 0) is 0 Å². The van der Waals surface area contributed by atoms with Crippen molar-refractivity contribution in [1.29, 1.82) is 0 Å². The number of halogens is 2. The predicted octanol–water partition coefficient (Wildman–Crippen LogP) is 1.23. The predicted molar refractivity (Wildman–Crippen MR) is 90.4 cm³/mol. The molecule has 0 atom stereocenters. The molecule has 0 aliphatic carbocycles. The number of hydrogen-bond donors (Lipinski definition) is 1. The highest BCUT2D eigenvalue weighted by atomic mass is 35.5. The number of carbonyl (C=O) groups excluding carboxylic acids is 1. The maximum Gasteiger partial charge on any atom is 0.274 e. The minimum atomic E-state index is -0.397. The molecule has 1 aliphatic rings. The summed E-state index contributed by atoms with van der Waals surface area (Å²) in [4.78, 5) is 26.3. The minimum absolute atomic E-state index is 0. The fraction of sp³-hybridized carbons (Fsp3) is 0.312. The summed E-state index contributed by atoms with van der Waals surface area (Å²) in [5.74, 6) is -0.601. The summed E-state index contributed by atoms with van der Waals surface area (Å²) in [6.07, 6.45) is 0.878. The molecule has 1 aliphatic heterocycles. The molecule has 1 aromatic heterocycles. The Kier molecular flexibility index (Phi) is 6.05. The number of amides is 1. The first-order chi connectivity index (χ1) is 11.1. The third kappa shape index (κ3) is 3.98. The average molecular weight is 353 g/mol. The van der Waals surface area contributed by atoms with E-state index >= 15 is 0 Å². The Morgan fingerprint density at radius 1 is 1.08 bits per heavy atom. The van der Waals surface area contributed by atoms with Gasteiger partial charge < -0.3 is 10.2 Å². The fourth-order valence-electron chi connectivity index (χ4n) is 2.50. The van der Waals surface area contributed by atoms with Gasteiger partial charge in [0.25, 0.3) is 11.5 Å². The van der Waals surface area contributed by atoms with Crippen LogP contribution in [0.4, 0.5) is 4.39 Å². The molecular weight excluding hydrogens is 335 g/mol. The van der Waals surface area contributed by atoms with E-state index in [2.05, 4.69) is 10.4 Å². The topological polar surface area (TPSA) is 67.2 Å². The van der Waals surface area contributed by atoms with Crippen molar-refractivity contribution in [2.45, 2.75) is 6.42 Å². The normalized spacial score (nSPS) is 14.6. The highest BCUT2D eigenvalue weighted by Gasteiger charge is 2.19. The van der Waals surface area contributed by atoms with Gasteiger partial charge in [0, 0.05) is 25.7 Å². The van der Waals surface area contributed by atoms with Gasteiger partial charge in [-0.15, -0.1) is 12.4 Å². The smallest absolute Gasteiger partial charge is 0.274 e.